The Kier molecular flexibility index (Phi) is 1.98. The lowest BCUT2D eigenvalue weighted by Crippen LogP contribution is -2.46. The number of ether oxygens (including phenoxy) is 1. The molecule has 8 nitrogen and oxygen atoms in total. The van der Waals surface area contributed by atoms with Crippen molar-refractivity contribution in [3.63, 3.8) is 0 Å². The van der Waals surface area contributed by atoms with Crippen molar-refractivity contribution in [2.45, 2.75) is 36.4 Å². The first-order valence-electron chi connectivity index (χ1n) is 6.25. The summed E-state index contributed by atoms with van der Waals surface area (Å²) in [4.78, 5) is 3.89. The number of fused-ring (bicyclic) bond motifs is 2. The van der Waals surface area contributed by atoms with Crippen molar-refractivity contribution in [1.82, 2.24) is 14.6 Å². The highest BCUT2D eigenvalue weighted by Crippen LogP contribution is 2.57. The highest BCUT2D eigenvalue weighted by molar-refractivity contribution is 5.65. The van der Waals surface area contributed by atoms with E-state index < -0.39 is 29.5 Å². The lowest BCUT2D eigenvalue weighted by molar-refractivity contribution is -0.127. The fourth-order valence-corrected chi connectivity index (χ4v) is 3.12. The van der Waals surface area contributed by atoms with Crippen LogP contribution >= 0.6 is 0 Å². The van der Waals surface area contributed by atoms with Gasteiger partial charge in [0.1, 0.15) is 35.8 Å². The Hall–Kier alpha value is -1.74. The third kappa shape index (κ3) is 1.12. The van der Waals surface area contributed by atoms with Crippen molar-refractivity contribution in [2.75, 3.05) is 5.73 Å². The van der Waals surface area contributed by atoms with Crippen molar-refractivity contribution in [3.8, 4) is 0 Å². The van der Waals surface area contributed by atoms with Gasteiger partial charge in [0.25, 0.3) is 0 Å². The standard InChI is InChI=1S/C12H14N4O4/c1-11(10(18)12(19)7(17)8(12)20-11)6-3-2-5-9(13)14-4-15-16(5)6/h2-4,7-8,10,17-19H,1H3,(H2,13,14,15)/t7?,8-,10+,11+,12-/m1/s1. The molecule has 5 N–H and O–H groups in total. The highest BCUT2D eigenvalue weighted by Gasteiger charge is 2.80. The smallest absolute Gasteiger partial charge is 0.151 e. The maximum absolute atomic E-state index is 10.4. The van der Waals surface area contributed by atoms with Crippen molar-refractivity contribution < 1.29 is 20.1 Å². The highest BCUT2D eigenvalue weighted by atomic mass is 16.6. The molecular formula is C12H14N4O4. The largest absolute Gasteiger partial charge is 0.387 e. The summed E-state index contributed by atoms with van der Waals surface area (Å²) in [6, 6.07) is 3.43. The average molecular weight is 278 g/mol. The number of hydrogen-bond acceptors (Lipinski definition) is 7. The van der Waals surface area contributed by atoms with Gasteiger partial charge in [-0.25, -0.2) is 9.50 Å². The predicted octanol–water partition coefficient (Wildman–Crippen LogP) is -1.61. The molecule has 1 saturated heterocycles. The second kappa shape index (κ2) is 3.29. The summed E-state index contributed by atoms with van der Waals surface area (Å²) in [5.74, 6) is 0.311. The quantitative estimate of drug-likeness (QED) is 0.494. The van der Waals surface area contributed by atoms with E-state index in [1.165, 1.54) is 10.8 Å². The summed E-state index contributed by atoms with van der Waals surface area (Å²) in [6.45, 7) is 1.65. The summed E-state index contributed by atoms with van der Waals surface area (Å²) in [7, 11) is 0. The zero-order valence-electron chi connectivity index (χ0n) is 10.6. The maximum Gasteiger partial charge on any atom is 0.151 e. The van der Waals surface area contributed by atoms with Gasteiger partial charge in [0, 0.05) is 0 Å². The van der Waals surface area contributed by atoms with Gasteiger partial charge in [-0.1, -0.05) is 0 Å². The van der Waals surface area contributed by atoms with Crippen LogP contribution in [0.25, 0.3) is 5.52 Å². The molecule has 3 heterocycles. The number of aliphatic hydroxyl groups is 3. The first-order valence-corrected chi connectivity index (χ1v) is 6.25. The molecule has 0 bridgehead atoms. The summed E-state index contributed by atoms with van der Waals surface area (Å²) in [5.41, 5.74) is 4.11. The second-order valence-corrected chi connectivity index (χ2v) is 5.54. The summed E-state index contributed by atoms with van der Waals surface area (Å²) in [6.07, 6.45) is -1.80. The Morgan fingerprint density at radius 1 is 1.40 bits per heavy atom. The molecule has 2 fully saturated rings. The van der Waals surface area contributed by atoms with Crippen LogP contribution in [0, 0.1) is 0 Å². The second-order valence-electron chi connectivity index (χ2n) is 5.54. The molecule has 1 unspecified atom stereocenters. The minimum absolute atomic E-state index is 0.311. The van der Waals surface area contributed by atoms with Gasteiger partial charge < -0.3 is 25.8 Å². The minimum atomic E-state index is -1.61. The van der Waals surface area contributed by atoms with Gasteiger partial charge in [0.15, 0.2) is 11.4 Å². The number of rotatable bonds is 1. The van der Waals surface area contributed by atoms with E-state index in [4.69, 9.17) is 10.5 Å². The summed E-state index contributed by atoms with van der Waals surface area (Å²) in [5, 5.41) is 34.2. The van der Waals surface area contributed by atoms with Gasteiger partial charge in [-0.15, -0.1) is 0 Å². The SMILES string of the molecule is C[C@@]1(c2ccc3c(N)ncnn23)O[C@@H]2C(O)[C@]2(O)[C@H]1O. The topological polar surface area (TPSA) is 126 Å². The van der Waals surface area contributed by atoms with Crippen molar-refractivity contribution in [2.24, 2.45) is 0 Å². The Labute approximate surface area is 113 Å². The number of hydrogen-bond donors (Lipinski definition) is 4. The summed E-state index contributed by atoms with van der Waals surface area (Å²) < 4.78 is 7.19. The molecule has 0 spiro atoms. The van der Waals surface area contributed by atoms with Crippen LogP contribution in [-0.2, 0) is 10.3 Å². The fraction of sp³-hybridized carbons (Fsp3) is 0.500. The average Bonchev–Trinajstić information content (AvgIpc) is 2.80. The molecule has 20 heavy (non-hydrogen) atoms. The first-order chi connectivity index (χ1) is 9.40. The van der Waals surface area contributed by atoms with Crippen LogP contribution < -0.4 is 5.73 Å². The van der Waals surface area contributed by atoms with Gasteiger partial charge in [-0.05, 0) is 19.1 Å². The van der Waals surface area contributed by atoms with Crippen LogP contribution in [0.3, 0.4) is 0 Å². The van der Waals surface area contributed by atoms with E-state index in [2.05, 4.69) is 10.1 Å². The van der Waals surface area contributed by atoms with Gasteiger partial charge in [0.05, 0.1) is 5.69 Å². The monoisotopic (exact) mass is 278 g/mol. The maximum atomic E-state index is 10.4. The van der Waals surface area contributed by atoms with Crippen molar-refractivity contribution in [3.05, 3.63) is 24.2 Å². The third-order valence-corrected chi connectivity index (χ3v) is 4.43. The molecule has 5 atom stereocenters. The molecule has 0 aromatic carbocycles. The Morgan fingerprint density at radius 3 is 2.80 bits per heavy atom. The predicted molar refractivity (Wildman–Crippen MR) is 66.6 cm³/mol. The van der Waals surface area contributed by atoms with E-state index in [0.29, 0.717) is 17.0 Å². The number of anilines is 1. The molecule has 2 aliphatic rings. The zero-order chi connectivity index (χ0) is 14.3. The van der Waals surface area contributed by atoms with Gasteiger partial charge >= 0.3 is 0 Å². The van der Waals surface area contributed by atoms with Gasteiger partial charge in [0.2, 0.25) is 0 Å². The van der Waals surface area contributed by atoms with E-state index in [9.17, 15) is 15.3 Å². The number of aliphatic hydroxyl groups excluding tert-OH is 2. The molecule has 0 radical (unpaired) electrons. The first kappa shape index (κ1) is 12.0. The Bertz CT molecular complexity index is 719. The van der Waals surface area contributed by atoms with Crippen molar-refractivity contribution >= 4 is 11.3 Å². The lowest BCUT2D eigenvalue weighted by Gasteiger charge is -2.31. The van der Waals surface area contributed by atoms with E-state index in [0.717, 1.165) is 0 Å². The lowest BCUT2D eigenvalue weighted by atomic mass is 9.91. The van der Waals surface area contributed by atoms with E-state index in [-0.39, 0.29) is 0 Å². The molecule has 0 amide bonds. The van der Waals surface area contributed by atoms with Crippen LogP contribution in [0.2, 0.25) is 0 Å². The van der Waals surface area contributed by atoms with Crippen LogP contribution in [0.4, 0.5) is 5.82 Å². The number of nitrogen functional groups attached to an aromatic ring is 1. The van der Waals surface area contributed by atoms with Gasteiger partial charge in [-0.3, -0.25) is 0 Å². The number of nitrogens with two attached hydrogens (primary N) is 1. The molecule has 106 valence electrons. The normalized spacial score (nSPS) is 42.9. The van der Waals surface area contributed by atoms with Gasteiger partial charge in [-0.2, -0.15) is 5.10 Å². The van der Waals surface area contributed by atoms with E-state index in [1.807, 2.05) is 0 Å². The van der Waals surface area contributed by atoms with Crippen LogP contribution in [-0.4, -0.2) is 53.8 Å². The third-order valence-electron chi connectivity index (χ3n) is 4.43. The van der Waals surface area contributed by atoms with Crippen LogP contribution in [0.1, 0.15) is 12.6 Å². The Morgan fingerprint density at radius 2 is 2.15 bits per heavy atom. The molecule has 1 saturated carbocycles. The summed E-state index contributed by atoms with van der Waals surface area (Å²) >= 11 is 0. The van der Waals surface area contributed by atoms with Crippen LogP contribution in [0.5, 0.6) is 0 Å². The van der Waals surface area contributed by atoms with Crippen molar-refractivity contribution in [1.29, 1.82) is 0 Å². The molecular weight excluding hydrogens is 264 g/mol. The Balaban J connectivity index is 1.87. The molecule has 2 aromatic heterocycles. The van der Waals surface area contributed by atoms with E-state index >= 15 is 0 Å². The molecule has 2 aromatic rings. The fourth-order valence-electron chi connectivity index (χ4n) is 3.12. The molecule has 1 aliphatic heterocycles. The van der Waals surface area contributed by atoms with E-state index in [1.54, 1.807) is 19.1 Å². The minimum Gasteiger partial charge on any atom is -0.387 e. The van der Waals surface area contributed by atoms with Crippen LogP contribution in [0.15, 0.2) is 18.5 Å². The molecule has 4 rings (SSSR count). The zero-order valence-corrected chi connectivity index (χ0v) is 10.6. The number of aromatic nitrogens is 3. The molecule has 1 aliphatic carbocycles. The number of nitrogens with zero attached hydrogens (tertiary/aromatic N) is 3. The molecule has 8 heteroatoms.